The number of nitrogens with zero attached hydrogens (tertiary/aromatic N) is 4. The number of nitro groups is 1. The highest BCUT2D eigenvalue weighted by molar-refractivity contribution is 7.99. The maximum absolute atomic E-state index is 12.5. The van der Waals surface area contributed by atoms with E-state index in [9.17, 15) is 34.7 Å². The van der Waals surface area contributed by atoms with Crippen molar-refractivity contribution in [1.29, 1.82) is 0 Å². The standard InChI is InChI=1S/C24H25N5O8S/c1-27(2)20(30)14-10-15(22(31)32)12-16(11-14)37-21-19(29(35)36)18(26-24(38-3)28(21)25)17(23(33)34)9-13-7-5-4-6-8-13/h4-8,10-12,17,24H,9,25H2,1-3H3,(H,31,32)(H,33,34). The summed E-state index contributed by atoms with van der Waals surface area (Å²) in [7, 11) is 2.94. The molecule has 4 N–H and O–H groups in total. The second kappa shape index (κ2) is 11.7. The van der Waals surface area contributed by atoms with Crippen molar-refractivity contribution in [3.8, 4) is 5.75 Å². The summed E-state index contributed by atoms with van der Waals surface area (Å²) < 4.78 is 5.76. The molecule has 1 amide bonds. The van der Waals surface area contributed by atoms with Gasteiger partial charge in [-0.05, 0) is 36.4 Å². The van der Waals surface area contributed by atoms with Gasteiger partial charge in [0.2, 0.25) is 0 Å². The second-order valence-electron chi connectivity index (χ2n) is 8.33. The Bertz CT molecular complexity index is 1330. The van der Waals surface area contributed by atoms with Gasteiger partial charge in [0, 0.05) is 19.7 Å². The average Bonchev–Trinajstić information content (AvgIpc) is 2.87. The van der Waals surface area contributed by atoms with Gasteiger partial charge in [-0.1, -0.05) is 30.3 Å². The van der Waals surface area contributed by atoms with Crippen molar-refractivity contribution >= 4 is 35.3 Å². The first kappa shape index (κ1) is 28.1. The van der Waals surface area contributed by atoms with Crippen LogP contribution in [-0.2, 0) is 11.2 Å². The number of carboxylic acid groups (broad SMARTS) is 2. The molecule has 1 aliphatic heterocycles. The van der Waals surface area contributed by atoms with E-state index in [2.05, 4.69) is 4.99 Å². The Morgan fingerprint density at radius 3 is 2.34 bits per heavy atom. The molecule has 2 unspecified atom stereocenters. The van der Waals surface area contributed by atoms with Crippen molar-refractivity contribution in [3.05, 3.63) is 86.9 Å². The number of allylic oxidation sites excluding steroid dienone is 1. The zero-order chi connectivity index (χ0) is 28.1. The Kier molecular flexibility index (Phi) is 8.70. The first-order valence-corrected chi connectivity index (χ1v) is 12.3. The van der Waals surface area contributed by atoms with Crippen molar-refractivity contribution in [2.45, 2.75) is 11.9 Å². The Labute approximate surface area is 221 Å². The van der Waals surface area contributed by atoms with E-state index < -0.39 is 45.8 Å². The lowest BCUT2D eigenvalue weighted by Gasteiger charge is -2.31. The molecule has 3 rings (SSSR count). The normalized spacial score (nSPS) is 15.9. The van der Waals surface area contributed by atoms with Gasteiger partial charge in [0.25, 0.3) is 11.8 Å². The molecule has 1 heterocycles. The van der Waals surface area contributed by atoms with Crippen LogP contribution in [0.3, 0.4) is 0 Å². The third kappa shape index (κ3) is 6.10. The summed E-state index contributed by atoms with van der Waals surface area (Å²) in [6.07, 6.45) is 1.52. The molecule has 0 aromatic heterocycles. The Morgan fingerprint density at radius 1 is 1.18 bits per heavy atom. The molecule has 0 fully saturated rings. The fourth-order valence-corrected chi connectivity index (χ4v) is 4.24. The zero-order valence-corrected chi connectivity index (χ0v) is 21.4. The lowest BCUT2D eigenvalue weighted by molar-refractivity contribution is -0.420. The summed E-state index contributed by atoms with van der Waals surface area (Å²) >= 11 is 1.07. The smallest absolute Gasteiger partial charge is 0.352 e. The van der Waals surface area contributed by atoms with Crippen molar-refractivity contribution in [1.82, 2.24) is 9.91 Å². The van der Waals surface area contributed by atoms with E-state index in [4.69, 9.17) is 10.6 Å². The lowest BCUT2D eigenvalue weighted by Crippen LogP contribution is -2.47. The molecule has 2 atom stereocenters. The van der Waals surface area contributed by atoms with Gasteiger partial charge in [-0.25, -0.2) is 20.6 Å². The van der Waals surface area contributed by atoms with Crippen LogP contribution in [0.2, 0.25) is 0 Å². The number of aromatic carboxylic acids is 1. The number of benzene rings is 2. The molecule has 13 nitrogen and oxygen atoms in total. The van der Waals surface area contributed by atoms with Crippen molar-refractivity contribution in [3.63, 3.8) is 0 Å². The zero-order valence-electron chi connectivity index (χ0n) is 20.6. The Morgan fingerprint density at radius 2 is 1.82 bits per heavy atom. The number of ether oxygens (including phenoxy) is 1. The Balaban J connectivity index is 2.18. The van der Waals surface area contributed by atoms with Gasteiger partial charge in [0.15, 0.2) is 5.50 Å². The number of nitrogens with two attached hydrogens (primary N) is 1. The van der Waals surface area contributed by atoms with E-state index >= 15 is 0 Å². The van der Waals surface area contributed by atoms with Crippen LogP contribution < -0.4 is 10.6 Å². The molecular weight excluding hydrogens is 518 g/mol. The molecular formula is C24H25N5O8S. The first-order chi connectivity index (χ1) is 17.9. The summed E-state index contributed by atoms with van der Waals surface area (Å²) in [5.74, 6) is 0.685. The van der Waals surface area contributed by atoms with E-state index in [-0.39, 0.29) is 29.0 Å². The lowest BCUT2D eigenvalue weighted by atomic mass is 9.92. The van der Waals surface area contributed by atoms with E-state index in [1.165, 1.54) is 25.1 Å². The number of rotatable bonds is 10. The molecule has 0 aliphatic carbocycles. The average molecular weight is 544 g/mol. The molecule has 14 heteroatoms. The molecule has 200 valence electrons. The highest BCUT2D eigenvalue weighted by Gasteiger charge is 2.44. The molecule has 38 heavy (non-hydrogen) atoms. The van der Waals surface area contributed by atoms with Crippen LogP contribution in [0.1, 0.15) is 26.3 Å². The van der Waals surface area contributed by atoms with Gasteiger partial charge in [0.1, 0.15) is 17.4 Å². The van der Waals surface area contributed by atoms with Crippen LogP contribution in [0.5, 0.6) is 5.75 Å². The number of carbonyl (C=O) groups is 3. The van der Waals surface area contributed by atoms with Gasteiger partial charge in [0.05, 0.1) is 10.5 Å². The minimum atomic E-state index is -1.42. The van der Waals surface area contributed by atoms with Gasteiger partial charge >= 0.3 is 17.6 Å². The largest absolute Gasteiger partial charge is 0.481 e. The number of aliphatic imine (C=N–C) groups is 1. The highest BCUT2D eigenvalue weighted by Crippen LogP contribution is 2.32. The molecule has 2 aromatic carbocycles. The second-order valence-corrected chi connectivity index (χ2v) is 9.22. The fourth-order valence-electron chi connectivity index (χ4n) is 3.69. The number of thioether (sulfide) groups is 1. The van der Waals surface area contributed by atoms with Crippen molar-refractivity contribution in [2.75, 3.05) is 20.4 Å². The predicted octanol–water partition coefficient (Wildman–Crippen LogP) is 2.13. The van der Waals surface area contributed by atoms with Gasteiger partial charge in [-0.2, -0.15) is 0 Å². The summed E-state index contributed by atoms with van der Waals surface area (Å²) in [6.45, 7) is 0. The van der Waals surface area contributed by atoms with Crippen LogP contribution in [-0.4, -0.2) is 74.5 Å². The predicted molar refractivity (Wildman–Crippen MR) is 138 cm³/mol. The quantitative estimate of drug-likeness (QED) is 0.226. The molecule has 0 radical (unpaired) electrons. The molecule has 0 bridgehead atoms. The first-order valence-electron chi connectivity index (χ1n) is 11.0. The number of hydrogen-bond donors (Lipinski definition) is 3. The van der Waals surface area contributed by atoms with Crippen LogP contribution in [0.25, 0.3) is 0 Å². The number of amides is 1. The number of carboxylic acids is 2. The van der Waals surface area contributed by atoms with Crippen LogP contribution in [0, 0.1) is 16.0 Å². The number of carbonyl (C=O) groups excluding carboxylic acids is 1. The van der Waals surface area contributed by atoms with E-state index in [0.29, 0.717) is 5.56 Å². The molecule has 0 spiro atoms. The van der Waals surface area contributed by atoms with Gasteiger partial charge < -0.3 is 19.8 Å². The number of hydrazine groups is 1. The molecule has 0 saturated carbocycles. The fraction of sp³-hybridized carbons (Fsp3) is 0.250. The maximum Gasteiger partial charge on any atom is 0.352 e. The monoisotopic (exact) mass is 543 g/mol. The maximum atomic E-state index is 12.5. The minimum Gasteiger partial charge on any atom is -0.481 e. The summed E-state index contributed by atoms with van der Waals surface area (Å²) in [5, 5.41) is 32.7. The van der Waals surface area contributed by atoms with Crippen LogP contribution >= 0.6 is 11.8 Å². The minimum absolute atomic E-state index is 0.0460. The third-order valence-corrected chi connectivity index (χ3v) is 6.25. The highest BCUT2D eigenvalue weighted by atomic mass is 32.2. The van der Waals surface area contributed by atoms with E-state index in [1.807, 2.05) is 0 Å². The summed E-state index contributed by atoms with van der Waals surface area (Å²) in [5.41, 5.74) is -1.88. The summed E-state index contributed by atoms with van der Waals surface area (Å²) in [4.78, 5) is 53.4. The number of aliphatic carboxylic acids is 1. The SMILES string of the molecule is CSC1N=C(C(Cc2ccccc2)C(=O)O)C([N+](=O)[O-])=C(Oc2cc(C(=O)O)cc(C(=O)N(C)C)c2)N1N. The van der Waals surface area contributed by atoms with Gasteiger partial charge in [-0.3, -0.25) is 19.7 Å². The molecule has 1 aliphatic rings. The van der Waals surface area contributed by atoms with Crippen LogP contribution in [0.15, 0.2) is 65.1 Å². The number of hydrogen-bond acceptors (Lipinski definition) is 10. The molecule has 2 aromatic rings. The van der Waals surface area contributed by atoms with Crippen molar-refractivity contribution < 1.29 is 34.3 Å². The van der Waals surface area contributed by atoms with Crippen molar-refractivity contribution in [2.24, 2.45) is 16.8 Å². The van der Waals surface area contributed by atoms with E-state index in [0.717, 1.165) is 28.9 Å². The van der Waals surface area contributed by atoms with Crippen LogP contribution in [0.4, 0.5) is 0 Å². The van der Waals surface area contributed by atoms with Gasteiger partial charge in [-0.15, -0.1) is 11.8 Å². The Hall–Kier alpha value is -4.43. The van der Waals surface area contributed by atoms with E-state index in [1.54, 1.807) is 36.6 Å². The third-order valence-electron chi connectivity index (χ3n) is 5.49. The molecule has 0 saturated heterocycles. The topological polar surface area (TPSA) is 189 Å². The summed E-state index contributed by atoms with van der Waals surface area (Å²) in [6, 6.07) is 12.0.